The first-order valence-corrected chi connectivity index (χ1v) is 6.17. The van der Waals surface area contributed by atoms with Crippen LogP contribution in [-0.4, -0.2) is 32.8 Å². The van der Waals surface area contributed by atoms with E-state index in [2.05, 4.69) is 15.3 Å². The van der Waals surface area contributed by atoms with E-state index in [1.807, 2.05) is 6.92 Å². The molecule has 0 atom stereocenters. The molecule has 7 heteroatoms. The van der Waals surface area contributed by atoms with Gasteiger partial charge in [-0.15, -0.1) is 0 Å². The molecule has 2 aromatic rings. The van der Waals surface area contributed by atoms with Crippen molar-refractivity contribution in [3.63, 3.8) is 0 Å². The molecule has 6 nitrogen and oxygen atoms in total. The zero-order valence-corrected chi connectivity index (χ0v) is 11.4. The Morgan fingerprint density at radius 1 is 1.58 bits per heavy atom. The second kappa shape index (κ2) is 5.66. The van der Waals surface area contributed by atoms with Crippen LogP contribution in [0.1, 0.15) is 18.3 Å². The minimum Gasteiger partial charge on any atom is -0.504 e. The highest BCUT2D eigenvalue weighted by Gasteiger charge is 2.02. The lowest BCUT2D eigenvalue weighted by Crippen LogP contribution is -1.95. The maximum atomic E-state index is 9.60. The molecule has 1 aromatic carbocycles. The van der Waals surface area contributed by atoms with Gasteiger partial charge < -0.3 is 9.84 Å². The third-order valence-corrected chi connectivity index (χ3v) is 2.68. The number of phenolic OH excluding ortho intramolecular Hbond substituents is 1. The summed E-state index contributed by atoms with van der Waals surface area (Å²) in [6.07, 6.45) is 1.63. The molecule has 19 heavy (non-hydrogen) atoms. The summed E-state index contributed by atoms with van der Waals surface area (Å²) in [6.45, 7) is 4.14. The molecular formula is C12H14N4O2S. The van der Waals surface area contributed by atoms with Crippen molar-refractivity contribution in [2.75, 3.05) is 6.61 Å². The highest BCUT2D eigenvalue weighted by Crippen LogP contribution is 2.26. The van der Waals surface area contributed by atoms with E-state index >= 15 is 0 Å². The van der Waals surface area contributed by atoms with Gasteiger partial charge in [0.05, 0.1) is 12.8 Å². The van der Waals surface area contributed by atoms with Crippen LogP contribution in [0.5, 0.6) is 11.5 Å². The molecule has 0 spiro atoms. The summed E-state index contributed by atoms with van der Waals surface area (Å²) in [7, 11) is 0. The van der Waals surface area contributed by atoms with Crippen molar-refractivity contribution in [1.29, 1.82) is 0 Å². The second-order valence-corrected chi connectivity index (χ2v) is 4.18. The third kappa shape index (κ3) is 3.00. The van der Waals surface area contributed by atoms with Crippen molar-refractivity contribution < 1.29 is 9.84 Å². The molecule has 1 aromatic heterocycles. The Morgan fingerprint density at radius 2 is 2.37 bits per heavy atom. The molecule has 0 unspecified atom stereocenters. The molecule has 0 aliphatic carbocycles. The maximum absolute atomic E-state index is 9.60. The van der Waals surface area contributed by atoms with E-state index in [-0.39, 0.29) is 5.75 Å². The predicted octanol–water partition coefficient (Wildman–Crippen LogP) is 2.24. The van der Waals surface area contributed by atoms with Crippen LogP contribution in [-0.2, 0) is 0 Å². The number of nitrogens with zero attached hydrogens (tertiary/aromatic N) is 3. The van der Waals surface area contributed by atoms with Gasteiger partial charge in [-0.25, -0.2) is 0 Å². The minimum absolute atomic E-state index is 0.107. The van der Waals surface area contributed by atoms with Crippen LogP contribution in [0.25, 0.3) is 0 Å². The van der Waals surface area contributed by atoms with Gasteiger partial charge in [0.1, 0.15) is 5.82 Å². The molecule has 0 aliphatic rings. The van der Waals surface area contributed by atoms with Gasteiger partial charge in [0.2, 0.25) is 4.77 Å². The van der Waals surface area contributed by atoms with Gasteiger partial charge in [0.15, 0.2) is 11.5 Å². The molecule has 2 rings (SSSR count). The number of hydrogen-bond donors (Lipinski definition) is 2. The molecule has 0 saturated heterocycles. The van der Waals surface area contributed by atoms with Crippen LogP contribution in [0.15, 0.2) is 23.3 Å². The number of ether oxygens (including phenoxy) is 1. The Bertz CT molecular complexity index is 660. The SMILES string of the molecule is CCOc1cc(/C=N\n2c(C)n[nH]c2=S)ccc1O. The average molecular weight is 278 g/mol. The number of aromatic nitrogens is 3. The Balaban J connectivity index is 2.29. The van der Waals surface area contributed by atoms with Crippen LogP contribution >= 0.6 is 12.2 Å². The second-order valence-electron chi connectivity index (χ2n) is 3.79. The highest BCUT2D eigenvalue weighted by atomic mass is 32.1. The molecule has 2 N–H and O–H groups in total. The Hall–Kier alpha value is -2.15. The van der Waals surface area contributed by atoms with Crippen LogP contribution < -0.4 is 4.74 Å². The topological polar surface area (TPSA) is 75.4 Å². The lowest BCUT2D eigenvalue weighted by atomic mass is 10.2. The zero-order valence-electron chi connectivity index (χ0n) is 10.6. The van der Waals surface area contributed by atoms with Gasteiger partial charge >= 0.3 is 0 Å². The normalized spacial score (nSPS) is 11.1. The largest absolute Gasteiger partial charge is 0.504 e. The molecular weight excluding hydrogens is 264 g/mol. The number of rotatable bonds is 4. The Labute approximate surface area is 115 Å². The number of benzene rings is 1. The molecule has 1 heterocycles. The summed E-state index contributed by atoms with van der Waals surface area (Å²) in [5.74, 6) is 1.21. The molecule has 0 fully saturated rings. The van der Waals surface area contributed by atoms with Gasteiger partial charge in [-0.1, -0.05) is 0 Å². The fourth-order valence-corrected chi connectivity index (χ4v) is 1.74. The first-order valence-electron chi connectivity index (χ1n) is 5.76. The average Bonchev–Trinajstić information content (AvgIpc) is 2.70. The number of H-pyrrole nitrogens is 1. The van der Waals surface area contributed by atoms with E-state index in [0.717, 1.165) is 5.56 Å². The van der Waals surface area contributed by atoms with Gasteiger partial charge in [-0.05, 0) is 49.8 Å². The summed E-state index contributed by atoms with van der Waals surface area (Å²) in [5, 5.41) is 20.4. The van der Waals surface area contributed by atoms with Crippen LogP contribution in [0.2, 0.25) is 0 Å². The first-order chi connectivity index (χ1) is 9.11. The number of aromatic hydroxyl groups is 1. The van der Waals surface area contributed by atoms with E-state index < -0.39 is 0 Å². The van der Waals surface area contributed by atoms with Gasteiger partial charge in [0, 0.05) is 0 Å². The standard InChI is InChI=1S/C12H14N4O2S/c1-3-18-11-6-9(4-5-10(11)17)7-13-16-8(2)14-15-12(16)19/h4-7,17H,3H2,1-2H3,(H,15,19)/b13-7-. The van der Waals surface area contributed by atoms with Crippen molar-refractivity contribution >= 4 is 18.4 Å². The third-order valence-electron chi connectivity index (χ3n) is 2.42. The molecule has 0 aliphatic heterocycles. The first kappa shape index (κ1) is 13.3. The molecule has 0 radical (unpaired) electrons. The Kier molecular flexibility index (Phi) is 3.96. The summed E-state index contributed by atoms with van der Waals surface area (Å²) in [4.78, 5) is 0. The predicted molar refractivity (Wildman–Crippen MR) is 74.4 cm³/mol. The lowest BCUT2D eigenvalue weighted by molar-refractivity contribution is 0.318. The van der Waals surface area contributed by atoms with E-state index in [0.29, 0.717) is 23.0 Å². The summed E-state index contributed by atoms with van der Waals surface area (Å²) < 4.78 is 7.25. The fourth-order valence-electron chi connectivity index (χ4n) is 1.51. The van der Waals surface area contributed by atoms with Crippen molar-refractivity contribution in [3.8, 4) is 11.5 Å². The monoisotopic (exact) mass is 278 g/mol. The number of phenols is 1. The van der Waals surface area contributed by atoms with Gasteiger partial charge in [0.25, 0.3) is 0 Å². The lowest BCUT2D eigenvalue weighted by Gasteiger charge is -2.05. The minimum atomic E-state index is 0.107. The Morgan fingerprint density at radius 3 is 3.00 bits per heavy atom. The molecule has 0 saturated carbocycles. The van der Waals surface area contributed by atoms with E-state index in [4.69, 9.17) is 17.0 Å². The number of aryl methyl sites for hydroxylation is 1. The number of hydrogen-bond acceptors (Lipinski definition) is 5. The quantitative estimate of drug-likeness (QED) is 0.664. The van der Waals surface area contributed by atoms with Crippen molar-refractivity contribution in [3.05, 3.63) is 34.4 Å². The summed E-state index contributed by atoms with van der Waals surface area (Å²) in [6, 6.07) is 5.01. The van der Waals surface area contributed by atoms with Crippen molar-refractivity contribution in [2.45, 2.75) is 13.8 Å². The van der Waals surface area contributed by atoms with E-state index in [9.17, 15) is 5.11 Å². The van der Waals surface area contributed by atoms with Crippen molar-refractivity contribution in [2.24, 2.45) is 5.10 Å². The summed E-state index contributed by atoms with van der Waals surface area (Å²) in [5.41, 5.74) is 0.795. The molecule has 0 amide bonds. The smallest absolute Gasteiger partial charge is 0.216 e. The fraction of sp³-hybridized carbons (Fsp3) is 0.250. The van der Waals surface area contributed by atoms with Crippen LogP contribution in [0.3, 0.4) is 0 Å². The van der Waals surface area contributed by atoms with E-state index in [1.165, 1.54) is 4.68 Å². The molecule has 0 bridgehead atoms. The molecule has 100 valence electrons. The van der Waals surface area contributed by atoms with E-state index in [1.54, 1.807) is 31.3 Å². The van der Waals surface area contributed by atoms with Gasteiger partial charge in [-0.3, -0.25) is 5.10 Å². The number of aromatic amines is 1. The maximum Gasteiger partial charge on any atom is 0.216 e. The van der Waals surface area contributed by atoms with Gasteiger partial charge in [-0.2, -0.15) is 14.9 Å². The number of nitrogens with one attached hydrogen (secondary N) is 1. The highest BCUT2D eigenvalue weighted by molar-refractivity contribution is 7.71. The van der Waals surface area contributed by atoms with Crippen LogP contribution in [0.4, 0.5) is 0 Å². The van der Waals surface area contributed by atoms with Crippen LogP contribution in [0, 0.1) is 11.7 Å². The zero-order chi connectivity index (χ0) is 13.8. The summed E-state index contributed by atoms with van der Waals surface area (Å²) >= 11 is 5.04. The van der Waals surface area contributed by atoms with Crippen molar-refractivity contribution in [1.82, 2.24) is 14.9 Å².